The molecule has 2 aliphatic heterocycles. The molecule has 2 aromatic heterocycles. The molecule has 0 spiro atoms. The van der Waals surface area contributed by atoms with Crippen molar-refractivity contribution < 1.29 is 9.26 Å². The maximum atomic E-state index is 9.83. The van der Waals surface area contributed by atoms with E-state index in [0.717, 1.165) is 85.4 Å². The highest BCUT2D eigenvalue weighted by Gasteiger charge is 2.31. The maximum absolute atomic E-state index is 9.83. The number of aryl methyl sites for hydroxylation is 3. The van der Waals surface area contributed by atoms with Crippen molar-refractivity contribution >= 4 is 16.7 Å². The molecule has 1 N–H and O–H groups in total. The third-order valence-corrected chi connectivity index (χ3v) is 7.52. The lowest BCUT2D eigenvalue weighted by atomic mass is 9.94. The highest BCUT2D eigenvalue weighted by molar-refractivity contribution is 5.95. The van der Waals surface area contributed by atoms with Gasteiger partial charge in [-0.1, -0.05) is 5.16 Å². The maximum Gasteiger partial charge on any atom is 0.261 e. The fraction of sp³-hybridized carbons (Fsp3) is 0.556. The SMILES string of the molecule is Cc1cc(C#N)c2nc(N3CC[C@@H](NCC4CCOCC4)C[C@H]3C)c(-c3nc(C)no3)c(C)c2c1. The largest absolute Gasteiger partial charge is 0.381 e. The Labute approximate surface area is 206 Å². The van der Waals surface area contributed by atoms with Crippen LogP contribution >= 0.6 is 0 Å². The Morgan fingerprint density at radius 3 is 2.63 bits per heavy atom. The normalized spacial score (nSPS) is 21.4. The third kappa shape index (κ3) is 4.75. The smallest absolute Gasteiger partial charge is 0.261 e. The van der Waals surface area contributed by atoms with Crippen LogP contribution < -0.4 is 10.2 Å². The number of ether oxygens (including phenoxy) is 1. The first-order valence-electron chi connectivity index (χ1n) is 12.7. The summed E-state index contributed by atoms with van der Waals surface area (Å²) in [4.78, 5) is 12.0. The Balaban J connectivity index is 1.48. The molecule has 1 aromatic carbocycles. The van der Waals surface area contributed by atoms with Crippen LogP contribution in [0, 0.1) is 38.0 Å². The topological polar surface area (TPSA) is 100 Å². The van der Waals surface area contributed by atoms with Crippen LogP contribution in [-0.4, -0.2) is 53.5 Å². The van der Waals surface area contributed by atoms with Crippen molar-refractivity contribution in [3.8, 4) is 17.5 Å². The number of fused-ring (bicyclic) bond motifs is 1. The molecule has 0 aliphatic carbocycles. The lowest BCUT2D eigenvalue weighted by Gasteiger charge is -2.40. The van der Waals surface area contributed by atoms with Gasteiger partial charge in [-0.25, -0.2) is 4.98 Å². The van der Waals surface area contributed by atoms with Gasteiger partial charge in [0.2, 0.25) is 0 Å². The molecule has 35 heavy (non-hydrogen) atoms. The first kappa shape index (κ1) is 23.7. The van der Waals surface area contributed by atoms with Gasteiger partial charge in [0.15, 0.2) is 5.82 Å². The van der Waals surface area contributed by atoms with E-state index in [9.17, 15) is 5.26 Å². The van der Waals surface area contributed by atoms with E-state index in [2.05, 4.69) is 46.3 Å². The first-order valence-corrected chi connectivity index (χ1v) is 12.7. The Hall–Kier alpha value is -3.02. The van der Waals surface area contributed by atoms with E-state index in [1.807, 2.05) is 19.9 Å². The molecule has 0 saturated carbocycles. The van der Waals surface area contributed by atoms with Crippen molar-refractivity contribution in [2.75, 3.05) is 31.2 Å². The van der Waals surface area contributed by atoms with Crippen LogP contribution in [0.5, 0.6) is 0 Å². The highest BCUT2D eigenvalue weighted by atomic mass is 16.5. The second-order valence-electron chi connectivity index (χ2n) is 10.1. The van der Waals surface area contributed by atoms with Gasteiger partial charge in [0, 0.05) is 37.2 Å². The number of nitriles is 1. The molecule has 0 amide bonds. The summed E-state index contributed by atoms with van der Waals surface area (Å²) >= 11 is 0. The van der Waals surface area contributed by atoms with Crippen LogP contribution in [0.4, 0.5) is 5.82 Å². The lowest BCUT2D eigenvalue weighted by molar-refractivity contribution is 0.0650. The van der Waals surface area contributed by atoms with Crippen molar-refractivity contribution in [2.45, 2.75) is 65.5 Å². The quantitative estimate of drug-likeness (QED) is 0.579. The van der Waals surface area contributed by atoms with E-state index >= 15 is 0 Å². The van der Waals surface area contributed by atoms with Crippen molar-refractivity contribution in [1.82, 2.24) is 20.4 Å². The Morgan fingerprint density at radius 1 is 1.14 bits per heavy atom. The first-order chi connectivity index (χ1) is 16.9. The molecule has 8 heteroatoms. The number of benzene rings is 1. The number of hydrogen-bond acceptors (Lipinski definition) is 8. The predicted octanol–water partition coefficient (Wildman–Crippen LogP) is 4.46. The molecule has 184 valence electrons. The van der Waals surface area contributed by atoms with Gasteiger partial charge >= 0.3 is 0 Å². The average Bonchev–Trinajstić information content (AvgIpc) is 3.29. The van der Waals surface area contributed by atoms with E-state index in [1.54, 1.807) is 0 Å². The molecule has 5 rings (SSSR count). The van der Waals surface area contributed by atoms with E-state index in [1.165, 1.54) is 0 Å². The summed E-state index contributed by atoms with van der Waals surface area (Å²) in [6.07, 6.45) is 4.36. The van der Waals surface area contributed by atoms with Crippen molar-refractivity contribution in [3.63, 3.8) is 0 Å². The van der Waals surface area contributed by atoms with Gasteiger partial charge in [-0.2, -0.15) is 10.2 Å². The molecule has 0 unspecified atom stereocenters. The Morgan fingerprint density at radius 2 is 1.94 bits per heavy atom. The monoisotopic (exact) mass is 474 g/mol. The number of pyridine rings is 1. The van der Waals surface area contributed by atoms with E-state index in [0.29, 0.717) is 29.2 Å². The number of piperidine rings is 1. The Kier molecular flexibility index (Phi) is 6.72. The molecular weight excluding hydrogens is 440 g/mol. The van der Waals surface area contributed by atoms with Gasteiger partial charge in [-0.3, -0.25) is 0 Å². The van der Waals surface area contributed by atoms with Crippen LogP contribution in [0.3, 0.4) is 0 Å². The molecule has 8 nitrogen and oxygen atoms in total. The lowest BCUT2D eigenvalue weighted by Crippen LogP contribution is -2.49. The van der Waals surface area contributed by atoms with Crippen molar-refractivity contribution in [2.24, 2.45) is 5.92 Å². The summed E-state index contributed by atoms with van der Waals surface area (Å²) in [5.74, 6) is 2.62. The molecule has 0 bridgehead atoms. The third-order valence-electron chi connectivity index (χ3n) is 7.52. The van der Waals surface area contributed by atoms with Crippen LogP contribution in [0.1, 0.15) is 55.1 Å². The second kappa shape index (κ2) is 9.92. The van der Waals surface area contributed by atoms with E-state index < -0.39 is 0 Å². The molecule has 4 heterocycles. The fourth-order valence-corrected chi connectivity index (χ4v) is 5.55. The number of nitrogens with zero attached hydrogens (tertiary/aromatic N) is 5. The standard InChI is InChI=1S/C27H34N6O2/c1-16-11-21(14-28)25-23(12-16)18(3)24(27-30-19(4)32-35-27)26(31-25)33-8-5-22(13-17(33)2)29-15-20-6-9-34-10-7-20/h11-12,17,20,22,29H,5-10,13,15H2,1-4H3/t17-,22-/m1/s1. The van der Waals surface area contributed by atoms with Crippen molar-refractivity contribution in [1.29, 1.82) is 5.26 Å². The minimum Gasteiger partial charge on any atom is -0.381 e. The summed E-state index contributed by atoms with van der Waals surface area (Å²) in [7, 11) is 0. The zero-order valence-electron chi connectivity index (χ0n) is 21.1. The van der Waals surface area contributed by atoms with Gasteiger partial charge in [0.25, 0.3) is 5.89 Å². The molecule has 0 radical (unpaired) electrons. The molecule has 2 saturated heterocycles. The van der Waals surface area contributed by atoms with E-state index in [-0.39, 0.29) is 6.04 Å². The number of anilines is 1. The van der Waals surface area contributed by atoms with Gasteiger partial charge in [0.05, 0.1) is 16.6 Å². The van der Waals surface area contributed by atoms with Crippen LogP contribution in [0.25, 0.3) is 22.4 Å². The Bertz CT molecular complexity index is 1260. The zero-order valence-corrected chi connectivity index (χ0v) is 21.1. The number of aromatic nitrogens is 3. The summed E-state index contributed by atoms with van der Waals surface area (Å²) < 4.78 is 11.2. The van der Waals surface area contributed by atoms with Gasteiger partial charge in [-0.05, 0) is 89.1 Å². The van der Waals surface area contributed by atoms with Gasteiger partial charge < -0.3 is 19.5 Å². The summed E-state index contributed by atoms with van der Waals surface area (Å²) in [5, 5.41) is 18.7. The van der Waals surface area contributed by atoms with Gasteiger partial charge in [-0.15, -0.1) is 0 Å². The van der Waals surface area contributed by atoms with Crippen LogP contribution in [0.15, 0.2) is 16.7 Å². The fourth-order valence-electron chi connectivity index (χ4n) is 5.55. The summed E-state index contributed by atoms with van der Waals surface area (Å²) in [6, 6.07) is 7.10. The summed E-state index contributed by atoms with van der Waals surface area (Å²) in [6.45, 7) is 11.9. The highest BCUT2D eigenvalue weighted by Crippen LogP contribution is 2.39. The van der Waals surface area contributed by atoms with Crippen LogP contribution in [-0.2, 0) is 4.74 Å². The predicted molar refractivity (Wildman–Crippen MR) is 135 cm³/mol. The number of rotatable bonds is 5. The minimum absolute atomic E-state index is 0.277. The molecule has 3 aromatic rings. The average molecular weight is 475 g/mol. The van der Waals surface area contributed by atoms with E-state index in [4.69, 9.17) is 14.2 Å². The van der Waals surface area contributed by atoms with Crippen LogP contribution in [0.2, 0.25) is 0 Å². The second-order valence-corrected chi connectivity index (χ2v) is 10.1. The molecule has 2 fully saturated rings. The molecule has 2 atom stereocenters. The number of nitrogens with one attached hydrogen (secondary N) is 1. The molecular formula is C27H34N6O2. The van der Waals surface area contributed by atoms with Gasteiger partial charge in [0.1, 0.15) is 11.9 Å². The zero-order chi connectivity index (χ0) is 24.5. The summed E-state index contributed by atoms with van der Waals surface area (Å²) in [5.41, 5.74) is 4.24. The minimum atomic E-state index is 0.277. The molecule has 2 aliphatic rings. The number of hydrogen-bond donors (Lipinski definition) is 1. The van der Waals surface area contributed by atoms with Crippen molar-refractivity contribution in [3.05, 3.63) is 34.6 Å².